The maximum atomic E-state index is 12.0. The van der Waals surface area contributed by atoms with Crippen LogP contribution in [0.3, 0.4) is 0 Å². The highest BCUT2D eigenvalue weighted by atomic mass is 35.5. The molecule has 2 aliphatic heterocycles. The van der Waals surface area contributed by atoms with Crippen LogP contribution >= 0.6 is 11.6 Å². The Morgan fingerprint density at radius 3 is 2.53 bits per heavy atom. The third kappa shape index (κ3) is 5.21. The molecule has 172 valence electrons. The molecule has 0 atom stereocenters. The molecule has 0 amide bonds. The van der Waals surface area contributed by atoms with Crippen molar-refractivity contribution in [2.24, 2.45) is 0 Å². The summed E-state index contributed by atoms with van der Waals surface area (Å²) < 4.78 is 17.5. The number of carbonyl (C=O) groups is 1. The lowest BCUT2D eigenvalue weighted by Crippen LogP contribution is -2.44. The molecular formula is C26H32ClNO4. The quantitative estimate of drug-likeness (QED) is 0.545. The van der Waals surface area contributed by atoms with Crippen LogP contribution in [0.15, 0.2) is 42.5 Å². The van der Waals surface area contributed by atoms with Gasteiger partial charge in [-0.2, -0.15) is 0 Å². The third-order valence-corrected chi connectivity index (χ3v) is 6.59. The number of ether oxygens (including phenoxy) is 3. The number of piperidine rings is 1. The van der Waals surface area contributed by atoms with Gasteiger partial charge in [0.15, 0.2) is 0 Å². The number of rotatable bonds is 6. The number of esters is 1. The van der Waals surface area contributed by atoms with Gasteiger partial charge in [0.25, 0.3) is 0 Å². The Kier molecular flexibility index (Phi) is 6.68. The Balaban J connectivity index is 1.35. The van der Waals surface area contributed by atoms with E-state index in [1.54, 1.807) is 0 Å². The van der Waals surface area contributed by atoms with Gasteiger partial charge in [0.05, 0.1) is 13.0 Å². The van der Waals surface area contributed by atoms with Crippen molar-refractivity contribution in [3.63, 3.8) is 0 Å². The molecule has 2 aromatic rings. The summed E-state index contributed by atoms with van der Waals surface area (Å²) in [5.41, 5.74) is 1.83. The molecule has 0 unspecified atom stereocenters. The molecule has 0 bridgehead atoms. The van der Waals surface area contributed by atoms with E-state index < -0.39 is 5.60 Å². The van der Waals surface area contributed by atoms with Crippen molar-refractivity contribution in [2.45, 2.75) is 57.7 Å². The summed E-state index contributed by atoms with van der Waals surface area (Å²) in [6.07, 6.45) is 2.38. The molecule has 2 aromatic carbocycles. The molecule has 1 spiro atoms. The zero-order valence-corrected chi connectivity index (χ0v) is 19.9. The van der Waals surface area contributed by atoms with Crippen molar-refractivity contribution < 1.29 is 19.0 Å². The zero-order valence-electron chi connectivity index (χ0n) is 19.2. The summed E-state index contributed by atoms with van der Waals surface area (Å²) in [5.74, 6) is 1.28. The first-order valence-electron chi connectivity index (χ1n) is 11.3. The van der Waals surface area contributed by atoms with E-state index in [-0.39, 0.29) is 11.4 Å². The van der Waals surface area contributed by atoms with Crippen molar-refractivity contribution in [2.75, 3.05) is 26.2 Å². The largest absolute Gasteiger partial charge is 0.491 e. The fraction of sp³-hybridized carbons (Fsp3) is 0.500. The van der Waals surface area contributed by atoms with Gasteiger partial charge < -0.3 is 19.1 Å². The molecule has 0 N–H and O–H groups in total. The highest BCUT2D eigenvalue weighted by Crippen LogP contribution is 2.51. The van der Waals surface area contributed by atoms with Gasteiger partial charge >= 0.3 is 5.97 Å². The standard InChI is InChI=1S/C26H32ClNO4/c1-25(2,3)32-22(29)11-14-28-15-12-26(13-16-28)18-31-24-20(26)9-10-21(23(24)27)30-17-19-7-5-4-6-8-19/h4-10H,11-18H2,1-3H3. The maximum absolute atomic E-state index is 12.0. The molecule has 1 fully saturated rings. The summed E-state index contributed by atoms with van der Waals surface area (Å²) in [6, 6.07) is 14.1. The minimum Gasteiger partial charge on any atom is -0.491 e. The lowest BCUT2D eigenvalue weighted by atomic mass is 9.74. The molecule has 1 saturated heterocycles. The Morgan fingerprint density at radius 1 is 1.12 bits per heavy atom. The summed E-state index contributed by atoms with van der Waals surface area (Å²) in [7, 11) is 0. The van der Waals surface area contributed by atoms with E-state index in [2.05, 4.69) is 11.0 Å². The molecule has 32 heavy (non-hydrogen) atoms. The van der Waals surface area contributed by atoms with Gasteiger partial charge in [-0.25, -0.2) is 0 Å². The lowest BCUT2D eigenvalue weighted by molar-refractivity contribution is -0.155. The summed E-state index contributed by atoms with van der Waals surface area (Å²) >= 11 is 6.68. The first kappa shape index (κ1) is 22.9. The van der Waals surface area contributed by atoms with Crippen LogP contribution in [0.1, 0.15) is 51.2 Å². The van der Waals surface area contributed by atoms with Gasteiger partial charge in [0, 0.05) is 17.5 Å². The fourth-order valence-electron chi connectivity index (χ4n) is 4.49. The molecule has 5 nitrogen and oxygen atoms in total. The van der Waals surface area contributed by atoms with E-state index >= 15 is 0 Å². The van der Waals surface area contributed by atoms with Gasteiger partial charge in [-0.05, 0) is 58.3 Å². The van der Waals surface area contributed by atoms with E-state index in [9.17, 15) is 4.79 Å². The highest BCUT2D eigenvalue weighted by Gasteiger charge is 2.44. The van der Waals surface area contributed by atoms with Crippen molar-refractivity contribution in [1.29, 1.82) is 0 Å². The molecule has 0 radical (unpaired) electrons. The van der Waals surface area contributed by atoms with Crippen molar-refractivity contribution in [3.8, 4) is 11.5 Å². The van der Waals surface area contributed by atoms with Gasteiger partial charge in [0.2, 0.25) is 0 Å². The number of fused-ring (bicyclic) bond motifs is 2. The first-order valence-corrected chi connectivity index (χ1v) is 11.7. The monoisotopic (exact) mass is 457 g/mol. The second-order valence-electron chi connectivity index (χ2n) is 9.78. The smallest absolute Gasteiger partial charge is 0.307 e. The molecule has 4 rings (SSSR count). The second-order valence-corrected chi connectivity index (χ2v) is 10.2. The van der Waals surface area contributed by atoms with E-state index in [1.807, 2.05) is 57.2 Å². The van der Waals surface area contributed by atoms with E-state index in [0.29, 0.717) is 30.4 Å². The van der Waals surface area contributed by atoms with Crippen LogP contribution in [0.4, 0.5) is 0 Å². The number of nitrogens with zero attached hydrogens (tertiary/aromatic N) is 1. The topological polar surface area (TPSA) is 48.0 Å². The Morgan fingerprint density at radius 2 is 1.84 bits per heavy atom. The normalized spacial score (nSPS) is 17.6. The van der Waals surface area contributed by atoms with Crippen molar-refractivity contribution in [3.05, 3.63) is 58.6 Å². The zero-order chi connectivity index (χ0) is 22.8. The van der Waals surface area contributed by atoms with E-state index in [4.69, 9.17) is 25.8 Å². The second kappa shape index (κ2) is 9.32. The van der Waals surface area contributed by atoms with Crippen LogP contribution < -0.4 is 9.47 Å². The molecule has 2 aliphatic rings. The lowest BCUT2D eigenvalue weighted by Gasteiger charge is -2.38. The van der Waals surface area contributed by atoms with Crippen LogP contribution in [0, 0.1) is 0 Å². The van der Waals surface area contributed by atoms with Crippen LogP contribution in [0.5, 0.6) is 11.5 Å². The van der Waals surface area contributed by atoms with E-state index in [1.165, 1.54) is 5.56 Å². The van der Waals surface area contributed by atoms with Gasteiger partial charge in [-0.3, -0.25) is 4.79 Å². The molecule has 2 heterocycles. The molecule has 0 aliphatic carbocycles. The summed E-state index contributed by atoms with van der Waals surface area (Å²) in [6.45, 7) is 9.39. The predicted octanol–water partition coefficient (Wildman–Crippen LogP) is 5.38. The Labute approximate surface area is 195 Å². The van der Waals surface area contributed by atoms with Gasteiger partial charge in [-0.15, -0.1) is 0 Å². The van der Waals surface area contributed by atoms with Crippen molar-refractivity contribution in [1.82, 2.24) is 4.90 Å². The highest BCUT2D eigenvalue weighted by molar-refractivity contribution is 6.33. The average molecular weight is 458 g/mol. The minimum atomic E-state index is -0.434. The Hall–Kier alpha value is -2.24. The van der Waals surface area contributed by atoms with Crippen LogP contribution in [0.2, 0.25) is 5.02 Å². The van der Waals surface area contributed by atoms with E-state index in [0.717, 1.165) is 43.8 Å². The number of hydrogen-bond donors (Lipinski definition) is 0. The van der Waals surface area contributed by atoms with Gasteiger partial charge in [-0.1, -0.05) is 48.0 Å². The third-order valence-electron chi connectivity index (χ3n) is 6.23. The minimum absolute atomic E-state index is 0.0145. The molecule has 0 aromatic heterocycles. The predicted molar refractivity (Wildman–Crippen MR) is 126 cm³/mol. The summed E-state index contributed by atoms with van der Waals surface area (Å²) in [4.78, 5) is 14.4. The fourth-order valence-corrected chi connectivity index (χ4v) is 4.77. The first-order chi connectivity index (χ1) is 15.3. The van der Waals surface area contributed by atoms with Crippen LogP contribution in [-0.4, -0.2) is 42.7 Å². The number of carbonyl (C=O) groups excluding carboxylic acids is 1. The number of hydrogen-bond acceptors (Lipinski definition) is 5. The maximum Gasteiger partial charge on any atom is 0.307 e. The number of benzene rings is 2. The molecule has 6 heteroatoms. The van der Waals surface area contributed by atoms with Gasteiger partial charge in [0.1, 0.15) is 28.7 Å². The van der Waals surface area contributed by atoms with Crippen molar-refractivity contribution >= 4 is 17.6 Å². The molecular weight excluding hydrogens is 426 g/mol. The SMILES string of the molecule is CC(C)(C)OC(=O)CCN1CCC2(CC1)COc1c2ccc(OCc2ccccc2)c1Cl. The number of likely N-dealkylation sites (tertiary alicyclic amines) is 1. The Bertz CT molecular complexity index is 946. The molecule has 0 saturated carbocycles. The average Bonchev–Trinajstić information content (AvgIpc) is 3.11. The van der Waals surface area contributed by atoms with Crippen LogP contribution in [-0.2, 0) is 21.6 Å². The number of halogens is 1. The summed E-state index contributed by atoms with van der Waals surface area (Å²) in [5, 5.41) is 0.558. The van der Waals surface area contributed by atoms with Crippen LogP contribution in [0.25, 0.3) is 0 Å².